The lowest BCUT2D eigenvalue weighted by Crippen LogP contribution is -2.33. The maximum Gasteiger partial charge on any atom is 0.272 e. The number of benzene rings is 1. The van der Waals surface area contributed by atoms with Crippen molar-refractivity contribution >= 4 is 17.5 Å². The third-order valence-electron chi connectivity index (χ3n) is 3.40. The summed E-state index contributed by atoms with van der Waals surface area (Å²) in [5.74, 6) is -0.634. The van der Waals surface area contributed by atoms with Gasteiger partial charge in [-0.1, -0.05) is 19.1 Å². The molecule has 116 valence electrons. The van der Waals surface area contributed by atoms with Crippen LogP contribution in [0.25, 0.3) is 0 Å². The molecule has 6 nitrogen and oxygen atoms in total. The smallest absolute Gasteiger partial charge is 0.272 e. The lowest BCUT2D eigenvalue weighted by Gasteiger charge is -2.06. The van der Waals surface area contributed by atoms with Crippen LogP contribution in [0.15, 0.2) is 30.3 Å². The van der Waals surface area contributed by atoms with Gasteiger partial charge in [0.15, 0.2) is 0 Å². The van der Waals surface area contributed by atoms with Crippen molar-refractivity contribution in [3.8, 4) is 0 Å². The number of hydrogen-bond acceptors (Lipinski definition) is 3. The number of rotatable bonds is 5. The highest BCUT2D eigenvalue weighted by Crippen LogP contribution is 2.09. The summed E-state index contributed by atoms with van der Waals surface area (Å²) in [5, 5.41) is 9.36. The summed E-state index contributed by atoms with van der Waals surface area (Å²) < 4.78 is 1.62. The van der Waals surface area contributed by atoms with Crippen molar-refractivity contribution in [3.05, 3.63) is 47.3 Å². The second kappa shape index (κ2) is 6.89. The van der Waals surface area contributed by atoms with Gasteiger partial charge in [-0.25, -0.2) is 0 Å². The summed E-state index contributed by atoms with van der Waals surface area (Å²) in [5.41, 5.74) is 3.10. The molecule has 1 aromatic heterocycles. The Morgan fingerprint density at radius 2 is 1.91 bits per heavy atom. The third kappa shape index (κ3) is 3.94. The quantitative estimate of drug-likeness (QED) is 0.881. The van der Waals surface area contributed by atoms with Gasteiger partial charge in [-0.15, -0.1) is 0 Å². The van der Waals surface area contributed by atoms with Crippen LogP contribution in [0.3, 0.4) is 0 Å². The SMILES string of the molecule is CCc1ccc(NC(=O)CNC(=O)c2cc(C)n(C)n2)cc1. The lowest BCUT2D eigenvalue weighted by atomic mass is 10.1. The average Bonchev–Trinajstić information content (AvgIpc) is 2.85. The van der Waals surface area contributed by atoms with Crippen molar-refractivity contribution in [1.82, 2.24) is 15.1 Å². The van der Waals surface area contributed by atoms with Crippen LogP contribution in [0.4, 0.5) is 5.69 Å². The zero-order valence-corrected chi connectivity index (χ0v) is 13.0. The number of carbonyl (C=O) groups is 2. The summed E-state index contributed by atoms with van der Waals surface area (Å²) in [6.07, 6.45) is 0.952. The van der Waals surface area contributed by atoms with Gasteiger partial charge in [-0.3, -0.25) is 14.3 Å². The average molecular weight is 300 g/mol. The third-order valence-corrected chi connectivity index (χ3v) is 3.40. The first-order valence-corrected chi connectivity index (χ1v) is 7.17. The van der Waals surface area contributed by atoms with Gasteiger partial charge in [0.05, 0.1) is 6.54 Å². The van der Waals surface area contributed by atoms with E-state index in [2.05, 4.69) is 22.7 Å². The summed E-state index contributed by atoms with van der Waals surface area (Å²) in [4.78, 5) is 23.7. The maximum atomic E-state index is 11.9. The van der Waals surface area contributed by atoms with Gasteiger partial charge in [0.1, 0.15) is 5.69 Å². The molecular weight excluding hydrogens is 280 g/mol. The van der Waals surface area contributed by atoms with E-state index >= 15 is 0 Å². The van der Waals surface area contributed by atoms with Crippen molar-refractivity contribution in [2.75, 3.05) is 11.9 Å². The molecule has 0 saturated carbocycles. The molecule has 0 saturated heterocycles. The number of aromatic nitrogens is 2. The van der Waals surface area contributed by atoms with Crippen LogP contribution in [0.5, 0.6) is 0 Å². The van der Waals surface area contributed by atoms with Crippen molar-refractivity contribution in [2.24, 2.45) is 7.05 Å². The molecule has 6 heteroatoms. The molecule has 0 fully saturated rings. The molecule has 1 heterocycles. The molecule has 1 aromatic carbocycles. The summed E-state index contributed by atoms with van der Waals surface area (Å²) in [6, 6.07) is 9.30. The number of aryl methyl sites for hydroxylation is 3. The van der Waals surface area contributed by atoms with E-state index in [-0.39, 0.29) is 18.4 Å². The lowest BCUT2D eigenvalue weighted by molar-refractivity contribution is -0.115. The minimum Gasteiger partial charge on any atom is -0.342 e. The van der Waals surface area contributed by atoms with Crippen molar-refractivity contribution in [1.29, 1.82) is 0 Å². The Hall–Kier alpha value is -2.63. The zero-order valence-electron chi connectivity index (χ0n) is 13.0. The van der Waals surface area contributed by atoms with Gasteiger partial charge >= 0.3 is 0 Å². The molecule has 2 N–H and O–H groups in total. The molecule has 22 heavy (non-hydrogen) atoms. The zero-order chi connectivity index (χ0) is 16.1. The summed E-state index contributed by atoms with van der Waals surface area (Å²) >= 11 is 0. The van der Waals surface area contributed by atoms with Gasteiger partial charge in [-0.05, 0) is 37.1 Å². The standard InChI is InChI=1S/C16H20N4O2/c1-4-12-5-7-13(8-6-12)18-15(21)10-17-16(22)14-9-11(2)20(3)19-14/h5-9H,4,10H2,1-3H3,(H,17,22)(H,18,21). The number of nitrogens with zero attached hydrogens (tertiary/aromatic N) is 2. The van der Waals surface area contributed by atoms with Crippen LogP contribution in [0.2, 0.25) is 0 Å². The number of anilines is 1. The number of amides is 2. The Balaban J connectivity index is 1.85. The van der Waals surface area contributed by atoms with E-state index in [1.165, 1.54) is 5.56 Å². The fourth-order valence-electron chi connectivity index (χ4n) is 1.95. The second-order valence-electron chi connectivity index (χ2n) is 5.08. The molecule has 0 aliphatic heterocycles. The van der Waals surface area contributed by atoms with Crippen LogP contribution in [0, 0.1) is 6.92 Å². The van der Waals surface area contributed by atoms with Crippen LogP contribution >= 0.6 is 0 Å². The van der Waals surface area contributed by atoms with E-state index in [0.717, 1.165) is 12.1 Å². The van der Waals surface area contributed by atoms with Gasteiger partial charge in [0, 0.05) is 18.4 Å². The Labute approximate surface area is 129 Å². The molecule has 0 unspecified atom stereocenters. The molecule has 0 atom stereocenters. The first-order valence-electron chi connectivity index (χ1n) is 7.17. The van der Waals surface area contributed by atoms with E-state index in [1.807, 2.05) is 31.2 Å². The van der Waals surface area contributed by atoms with Crippen molar-refractivity contribution < 1.29 is 9.59 Å². The van der Waals surface area contributed by atoms with Crippen molar-refractivity contribution in [2.45, 2.75) is 20.3 Å². The van der Waals surface area contributed by atoms with E-state index in [4.69, 9.17) is 0 Å². The molecule has 2 amide bonds. The normalized spacial score (nSPS) is 10.3. The first-order chi connectivity index (χ1) is 10.5. The fraction of sp³-hybridized carbons (Fsp3) is 0.312. The Kier molecular flexibility index (Phi) is 4.93. The number of nitrogens with one attached hydrogen (secondary N) is 2. The number of carbonyl (C=O) groups excluding carboxylic acids is 2. The van der Waals surface area contributed by atoms with Crippen molar-refractivity contribution in [3.63, 3.8) is 0 Å². The highest BCUT2D eigenvalue weighted by atomic mass is 16.2. The van der Waals surface area contributed by atoms with E-state index in [1.54, 1.807) is 17.8 Å². The predicted molar refractivity (Wildman–Crippen MR) is 84.7 cm³/mol. The Morgan fingerprint density at radius 1 is 1.23 bits per heavy atom. The van der Waals surface area contributed by atoms with Crippen LogP contribution in [-0.4, -0.2) is 28.1 Å². The molecular formula is C16H20N4O2. The molecule has 0 bridgehead atoms. The largest absolute Gasteiger partial charge is 0.342 e. The second-order valence-corrected chi connectivity index (χ2v) is 5.08. The van der Waals surface area contributed by atoms with Gasteiger partial charge < -0.3 is 10.6 Å². The minimum absolute atomic E-state index is 0.0933. The van der Waals surface area contributed by atoms with E-state index < -0.39 is 0 Å². The summed E-state index contributed by atoms with van der Waals surface area (Å²) in [6.45, 7) is 3.84. The number of hydrogen-bond donors (Lipinski definition) is 2. The van der Waals surface area contributed by atoms with Crippen LogP contribution < -0.4 is 10.6 Å². The van der Waals surface area contributed by atoms with Crippen LogP contribution in [-0.2, 0) is 18.3 Å². The maximum absolute atomic E-state index is 11.9. The Morgan fingerprint density at radius 3 is 2.45 bits per heavy atom. The first kappa shape index (κ1) is 15.8. The van der Waals surface area contributed by atoms with Crippen LogP contribution in [0.1, 0.15) is 28.7 Å². The summed E-state index contributed by atoms with van der Waals surface area (Å²) in [7, 11) is 1.76. The minimum atomic E-state index is -0.361. The van der Waals surface area contributed by atoms with Gasteiger partial charge in [0.2, 0.25) is 5.91 Å². The highest BCUT2D eigenvalue weighted by molar-refractivity contribution is 5.98. The highest BCUT2D eigenvalue weighted by Gasteiger charge is 2.12. The molecule has 0 aliphatic rings. The molecule has 2 aromatic rings. The van der Waals surface area contributed by atoms with Gasteiger partial charge in [-0.2, -0.15) is 5.10 Å². The molecule has 0 radical (unpaired) electrons. The fourth-order valence-corrected chi connectivity index (χ4v) is 1.95. The molecule has 0 aliphatic carbocycles. The topological polar surface area (TPSA) is 76.0 Å². The van der Waals surface area contributed by atoms with Gasteiger partial charge in [0.25, 0.3) is 5.91 Å². The van der Waals surface area contributed by atoms with E-state index in [0.29, 0.717) is 11.4 Å². The monoisotopic (exact) mass is 300 g/mol. The Bertz CT molecular complexity index is 654. The molecule has 0 spiro atoms. The predicted octanol–water partition coefficient (Wildman–Crippen LogP) is 1.66. The van der Waals surface area contributed by atoms with E-state index in [9.17, 15) is 9.59 Å². The molecule has 2 rings (SSSR count).